The van der Waals surface area contributed by atoms with Crippen molar-refractivity contribution in [1.82, 2.24) is 0 Å². The van der Waals surface area contributed by atoms with Gasteiger partial charge in [-0.25, -0.2) is 0 Å². The fraction of sp³-hybridized carbons (Fsp3) is 0.182. The van der Waals surface area contributed by atoms with Crippen molar-refractivity contribution in [3.63, 3.8) is 0 Å². The van der Waals surface area contributed by atoms with Crippen molar-refractivity contribution < 1.29 is 0 Å². The highest BCUT2D eigenvalue weighted by molar-refractivity contribution is 6.08. The fourth-order valence-electron chi connectivity index (χ4n) is 5.01. The van der Waals surface area contributed by atoms with E-state index in [4.69, 9.17) is 0 Å². The molecule has 0 heteroatoms. The summed E-state index contributed by atoms with van der Waals surface area (Å²) in [6.45, 7) is 0. The normalized spacial score (nSPS) is 20.4. The SMILES string of the molecule is c1ccc2c(c1)CC1=C2C2=C(C1)CC1=C2c2ccccc2C1. The Morgan fingerprint density at radius 1 is 0.455 bits per heavy atom. The van der Waals surface area contributed by atoms with Crippen LogP contribution in [0.1, 0.15) is 35.1 Å². The molecule has 4 aliphatic carbocycles. The summed E-state index contributed by atoms with van der Waals surface area (Å²) >= 11 is 0. The van der Waals surface area contributed by atoms with Crippen molar-refractivity contribution in [1.29, 1.82) is 0 Å². The predicted octanol–water partition coefficient (Wildman–Crippen LogP) is 5.11. The lowest BCUT2D eigenvalue weighted by Crippen LogP contribution is -1.93. The van der Waals surface area contributed by atoms with Gasteiger partial charge >= 0.3 is 0 Å². The minimum atomic E-state index is 1.17. The maximum absolute atomic E-state index is 2.33. The molecule has 0 saturated heterocycles. The molecule has 0 aromatic heterocycles. The molecule has 104 valence electrons. The lowest BCUT2D eigenvalue weighted by Gasteiger charge is -2.12. The quantitative estimate of drug-likeness (QED) is 0.629. The molecule has 0 atom stereocenters. The standard InChI is InChI=1S/C22H16/c1-3-7-18-13(5-1)9-15-11-17-12-16-10-14-6-2-4-8-19(14)21(16)22(17)20(15)18/h1-8H,9-12H2. The first kappa shape index (κ1) is 11.3. The van der Waals surface area contributed by atoms with E-state index in [9.17, 15) is 0 Å². The topological polar surface area (TPSA) is 0 Å². The van der Waals surface area contributed by atoms with E-state index >= 15 is 0 Å². The highest BCUT2D eigenvalue weighted by Gasteiger charge is 2.40. The first-order valence-electron chi connectivity index (χ1n) is 8.23. The lowest BCUT2D eigenvalue weighted by atomic mass is 9.91. The van der Waals surface area contributed by atoms with Crippen molar-refractivity contribution in [2.45, 2.75) is 25.7 Å². The molecule has 0 bridgehead atoms. The van der Waals surface area contributed by atoms with Crippen molar-refractivity contribution in [2.24, 2.45) is 0 Å². The molecule has 6 rings (SSSR count). The maximum atomic E-state index is 2.33. The average Bonchev–Trinajstić information content (AvgIpc) is 3.21. The van der Waals surface area contributed by atoms with Crippen LogP contribution in [0.15, 0.2) is 70.8 Å². The van der Waals surface area contributed by atoms with Gasteiger partial charge in [-0.1, -0.05) is 65.3 Å². The van der Waals surface area contributed by atoms with Crippen LogP contribution in [0, 0.1) is 0 Å². The molecule has 0 aliphatic heterocycles. The molecule has 0 amide bonds. The van der Waals surface area contributed by atoms with Crippen LogP contribution in [0.25, 0.3) is 11.1 Å². The van der Waals surface area contributed by atoms with E-state index in [1.165, 1.54) is 47.9 Å². The molecule has 0 spiro atoms. The highest BCUT2D eigenvalue weighted by Crippen LogP contribution is 2.58. The van der Waals surface area contributed by atoms with Crippen LogP contribution in [0.2, 0.25) is 0 Å². The molecule has 4 aliphatic rings. The van der Waals surface area contributed by atoms with E-state index in [-0.39, 0.29) is 0 Å². The molecule has 0 nitrogen and oxygen atoms in total. The maximum Gasteiger partial charge on any atom is -0.00483 e. The summed E-state index contributed by atoms with van der Waals surface area (Å²) < 4.78 is 0. The zero-order valence-electron chi connectivity index (χ0n) is 12.4. The van der Waals surface area contributed by atoms with Gasteiger partial charge in [0, 0.05) is 0 Å². The van der Waals surface area contributed by atoms with E-state index in [0.29, 0.717) is 0 Å². The smallest absolute Gasteiger partial charge is 0.00483 e. The molecular weight excluding hydrogens is 264 g/mol. The number of benzene rings is 2. The molecule has 0 N–H and O–H groups in total. The molecule has 2 aromatic carbocycles. The predicted molar refractivity (Wildman–Crippen MR) is 90.4 cm³/mol. The summed E-state index contributed by atoms with van der Waals surface area (Å²) in [5, 5.41) is 0. The number of hydrogen-bond acceptors (Lipinski definition) is 0. The van der Waals surface area contributed by atoms with Crippen LogP contribution < -0.4 is 0 Å². The van der Waals surface area contributed by atoms with Gasteiger partial charge < -0.3 is 0 Å². The summed E-state index contributed by atoms with van der Waals surface area (Å²) in [4.78, 5) is 0. The summed E-state index contributed by atoms with van der Waals surface area (Å²) in [7, 11) is 0. The zero-order valence-corrected chi connectivity index (χ0v) is 12.4. The van der Waals surface area contributed by atoms with Gasteiger partial charge in [-0.2, -0.15) is 0 Å². The molecule has 0 heterocycles. The van der Waals surface area contributed by atoms with Crippen LogP contribution in [-0.4, -0.2) is 0 Å². The van der Waals surface area contributed by atoms with E-state index in [0.717, 1.165) is 0 Å². The third kappa shape index (κ3) is 1.21. The Kier molecular flexibility index (Phi) is 1.89. The monoisotopic (exact) mass is 280 g/mol. The van der Waals surface area contributed by atoms with Gasteiger partial charge in [0.05, 0.1) is 0 Å². The molecule has 0 radical (unpaired) electrons. The largest absolute Gasteiger partial charge is 0.0619 e. The molecule has 2 aromatic rings. The molecule has 22 heavy (non-hydrogen) atoms. The molecule has 0 fully saturated rings. The van der Waals surface area contributed by atoms with Crippen LogP contribution >= 0.6 is 0 Å². The van der Waals surface area contributed by atoms with Crippen LogP contribution in [0.3, 0.4) is 0 Å². The number of hydrogen-bond donors (Lipinski definition) is 0. The Morgan fingerprint density at radius 2 is 0.909 bits per heavy atom. The minimum Gasteiger partial charge on any atom is -0.0619 e. The first-order chi connectivity index (χ1) is 10.9. The minimum absolute atomic E-state index is 1.17. The second kappa shape index (κ2) is 3.70. The van der Waals surface area contributed by atoms with Gasteiger partial charge in [0.25, 0.3) is 0 Å². The number of allylic oxidation sites excluding steroid dienone is 6. The van der Waals surface area contributed by atoms with Crippen molar-refractivity contribution in [3.05, 3.63) is 93.1 Å². The lowest BCUT2D eigenvalue weighted by molar-refractivity contribution is 0.981. The van der Waals surface area contributed by atoms with E-state index in [1.54, 1.807) is 33.4 Å². The Morgan fingerprint density at radius 3 is 1.45 bits per heavy atom. The second-order valence-corrected chi connectivity index (χ2v) is 6.96. The summed E-state index contributed by atoms with van der Waals surface area (Å²) in [5.41, 5.74) is 15.9. The van der Waals surface area contributed by atoms with E-state index in [1.807, 2.05) is 0 Å². The number of fused-ring (bicyclic) bond motifs is 6. The zero-order chi connectivity index (χ0) is 14.3. The van der Waals surface area contributed by atoms with Gasteiger partial charge in [-0.3, -0.25) is 0 Å². The Balaban J connectivity index is 1.58. The average molecular weight is 280 g/mol. The highest BCUT2D eigenvalue weighted by atomic mass is 14.4. The van der Waals surface area contributed by atoms with Crippen LogP contribution in [-0.2, 0) is 12.8 Å². The Bertz CT molecular complexity index is 886. The second-order valence-electron chi connectivity index (χ2n) is 6.96. The van der Waals surface area contributed by atoms with Gasteiger partial charge in [0.15, 0.2) is 0 Å². The number of rotatable bonds is 0. The van der Waals surface area contributed by atoms with Gasteiger partial charge in [0.1, 0.15) is 0 Å². The van der Waals surface area contributed by atoms with E-state index < -0.39 is 0 Å². The third-order valence-corrected chi connectivity index (χ3v) is 5.80. The fourth-order valence-corrected chi connectivity index (χ4v) is 5.01. The van der Waals surface area contributed by atoms with Crippen LogP contribution in [0.4, 0.5) is 0 Å². The van der Waals surface area contributed by atoms with E-state index in [2.05, 4.69) is 48.5 Å². The Labute approximate surface area is 130 Å². The Hall–Kier alpha value is -2.34. The van der Waals surface area contributed by atoms with Crippen molar-refractivity contribution in [2.75, 3.05) is 0 Å². The van der Waals surface area contributed by atoms with Crippen LogP contribution in [0.5, 0.6) is 0 Å². The first-order valence-corrected chi connectivity index (χ1v) is 8.23. The molecular formula is C22H16. The van der Waals surface area contributed by atoms with Crippen molar-refractivity contribution in [3.8, 4) is 0 Å². The van der Waals surface area contributed by atoms with Gasteiger partial charge in [0.2, 0.25) is 0 Å². The third-order valence-electron chi connectivity index (χ3n) is 5.80. The molecule has 0 unspecified atom stereocenters. The summed E-state index contributed by atoms with van der Waals surface area (Å²) in [6.07, 6.45) is 4.77. The van der Waals surface area contributed by atoms with Gasteiger partial charge in [-0.05, 0) is 64.7 Å². The summed E-state index contributed by atoms with van der Waals surface area (Å²) in [5.74, 6) is 0. The van der Waals surface area contributed by atoms with Gasteiger partial charge in [-0.15, -0.1) is 0 Å². The summed E-state index contributed by atoms with van der Waals surface area (Å²) in [6, 6.07) is 18.0. The van der Waals surface area contributed by atoms with Crippen molar-refractivity contribution >= 4 is 11.1 Å². The molecule has 0 saturated carbocycles.